The molecule has 2 aromatic rings. The van der Waals surface area contributed by atoms with Crippen molar-refractivity contribution in [2.45, 2.75) is 39.3 Å². The Morgan fingerprint density at radius 1 is 1.29 bits per heavy atom. The molecule has 1 aliphatic rings. The van der Waals surface area contributed by atoms with Gasteiger partial charge in [-0.25, -0.2) is 9.97 Å². The summed E-state index contributed by atoms with van der Waals surface area (Å²) in [5, 5.41) is 2.52. The highest BCUT2D eigenvalue weighted by atomic mass is 35.5. The molecule has 0 aliphatic carbocycles. The van der Waals surface area contributed by atoms with Crippen LogP contribution in [0.25, 0.3) is 0 Å². The first-order chi connectivity index (χ1) is 14.5. The number of hydrogen-bond donors (Lipinski definition) is 1. The molecule has 0 unspecified atom stereocenters. The average molecular weight is 455 g/mol. The predicted molar refractivity (Wildman–Crippen MR) is 111 cm³/mol. The van der Waals surface area contributed by atoms with Crippen molar-refractivity contribution in [2.75, 3.05) is 23.3 Å². The number of aromatic nitrogens is 2. The van der Waals surface area contributed by atoms with Crippen molar-refractivity contribution in [3.63, 3.8) is 0 Å². The van der Waals surface area contributed by atoms with E-state index in [1.54, 1.807) is 19.1 Å². The Bertz CT molecular complexity index is 997. The number of nitrogens with one attached hydrogen (secondary N) is 1. The van der Waals surface area contributed by atoms with Crippen molar-refractivity contribution >= 4 is 34.9 Å². The zero-order chi connectivity index (χ0) is 22.8. The van der Waals surface area contributed by atoms with E-state index in [0.717, 1.165) is 25.1 Å². The highest BCUT2D eigenvalue weighted by molar-refractivity contribution is 6.33. The van der Waals surface area contributed by atoms with Crippen LogP contribution in [0.5, 0.6) is 0 Å². The van der Waals surface area contributed by atoms with E-state index >= 15 is 0 Å². The Morgan fingerprint density at radius 3 is 2.68 bits per heavy atom. The number of amides is 1. The van der Waals surface area contributed by atoms with Crippen LogP contribution in [0.4, 0.5) is 24.8 Å². The van der Waals surface area contributed by atoms with Crippen molar-refractivity contribution in [3.8, 4) is 0 Å². The lowest BCUT2D eigenvalue weighted by molar-refractivity contribution is -0.137. The van der Waals surface area contributed by atoms with Crippen LogP contribution in [-0.4, -0.2) is 34.7 Å². The minimum Gasteiger partial charge on any atom is -0.355 e. The third-order valence-corrected chi connectivity index (χ3v) is 5.30. The second-order valence-electron chi connectivity index (χ2n) is 7.67. The highest BCUT2D eigenvalue weighted by Crippen LogP contribution is 2.35. The maximum atomic E-state index is 12.9. The summed E-state index contributed by atoms with van der Waals surface area (Å²) in [6.07, 6.45) is -1.89. The summed E-state index contributed by atoms with van der Waals surface area (Å²) in [6.45, 7) is 4.17. The Hall–Kier alpha value is -2.68. The molecule has 0 spiro atoms. The molecule has 0 aromatic carbocycles. The topological polar surface area (TPSA) is 75.2 Å². The van der Waals surface area contributed by atoms with E-state index in [4.69, 9.17) is 11.6 Å². The molecule has 2 aromatic heterocycles. The third-order valence-electron chi connectivity index (χ3n) is 5.02. The largest absolute Gasteiger partial charge is 0.417 e. The minimum atomic E-state index is -4.51. The van der Waals surface area contributed by atoms with Gasteiger partial charge in [0.15, 0.2) is 5.78 Å². The predicted octanol–water partition coefficient (Wildman–Crippen LogP) is 4.91. The van der Waals surface area contributed by atoms with Crippen LogP contribution in [0.15, 0.2) is 24.4 Å². The number of aryl methyl sites for hydroxylation is 1. The zero-order valence-corrected chi connectivity index (χ0v) is 17.8. The normalized spacial score (nSPS) is 16.8. The molecule has 1 fully saturated rings. The van der Waals surface area contributed by atoms with Gasteiger partial charge >= 0.3 is 6.18 Å². The van der Waals surface area contributed by atoms with Crippen LogP contribution in [0.1, 0.15) is 47.8 Å². The molecule has 1 amide bonds. The summed E-state index contributed by atoms with van der Waals surface area (Å²) in [5.74, 6) is 0.247. The number of Topliss-reactive ketones (excluding diaryl/α,β-unsaturated/α-hetero) is 1. The van der Waals surface area contributed by atoms with Crippen LogP contribution in [0, 0.1) is 12.8 Å². The van der Waals surface area contributed by atoms with Gasteiger partial charge in [-0.15, -0.1) is 0 Å². The monoisotopic (exact) mass is 454 g/mol. The van der Waals surface area contributed by atoms with Crippen LogP contribution in [-0.2, 0) is 11.0 Å². The summed E-state index contributed by atoms with van der Waals surface area (Å²) in [6, 6.07) is 4.09. The molecular weight excluding hydrogens is 433 g/mol. The molecular formula is C21H22ClF3N4O2. The van der Waals surface area contributed by atoms with Crippen LogP contribution >= 0.6 is 11.6 Å². The minimum absolute atomic E-state index is 0.000836. The first-order valence-electron chi connectivity index (χ1n) is 9.80. The van der Waals surface area contributed by atoms with Gasteiger partial charge in [0.2, 0.25) is 5.91 Å². The van der Waals surface area contributed by atoms with E-state index in [1.807, 2.05) is 4.90 Å². The quantitative estimate of drug-likeness (QED) is 0.650. The lowest BCUT2D eigenvalue weighted by Crippen LogP contribution is -2.37. The molecule has 3 heterocycles. The van der Waals surface area contributed by atoms with Crippen molar-refractivity contribution < 1.29 is 22.8 Å². The van der Waals surface area contributed by atoms with Crippen molar-refractivity contribution in [1.82, 2.24) is 9.97 Å². The summed E-state index contributed by atoms with van der Waals surface area (Å²) in [7, 11) is 0. The third kappa shape index (κ3) is 5.94. The Morgan fingerprint density at radius 2 is 2.03 bits per heavy atom. The molecule has 0 radical (unpaired) electrons. The second kappa shape index (κ2) is 9.21. The van der Waals surface area contributed by atoms with Gasteiger partial charge in [-0.3, -0.25) is 9.59 Å². The SMILES string of the molecule is CC(=O)Nc1cc(C(=O)C[C@@H]2CCCN(c3ncc(C(F)(F)F)cc3Cl)C2)cc(C)n1. The van der Waals surface area contributed by atoms with Crippen LogP contribution in [0.2, 0.25) is 5.02 Å². The summed E-state index contributed by atoms with van der Waals surface area (Å²) < 4.78 is 38.6. The summed E-state index contributed by atoms with van der Waals surface area (Å²) in [5.41, 5.74) is 0.174. The maximum absolute atomic E-state index is 12.9. The van der Waals surface area contributed by atoms with Gasteiger partial charge in [-0.05, 0) is 43.9 Å². The first kappa shape index (κ1) is 23.0. The van der Waals surface area contributed by atoms with Crippen molar-refractivity contribution in [3.05, 3.63) is 46.2 Å². The van der Waals surface area contributed by atoms with Gasteiger partial charge in [0, 0.05) is 43.9 Å². The summed E-state index contributed by atoms with van der Waals surface area (Å²) >= 11 is 6.08. The number of piperidine rings is 1. The Balaban J connectivity index is 1.71. The number of hydrogen-bond acceptors (Lipinski definition) is 5. The van der Waals surface area contributed by atoms with E-state index in [0.29, 0.717) is 36.0 Å². The summed E-state index contributed by atoms with van der Waals surface area (Å²) in [4.78, 5) is 34.1. The molecule has 0 saturated carbocycles. The smallest absolute Gasteiger partial charge is 0.355 e. The van der Waals surface area contributed by atoms with E-state index < -0.39 is 11.7 Å². The number of rotatable bonds is 5. The molecule has 6 nitrogen and oxygen atoms in total. The van der Waals surface area contributed by atoms with Crippen molar-refractivity contribution in [1.29, 1.82) is 0 Å². The van der Waals surface area contributed by atoms with E-state index in [1.165, 1.54) is 6.92 Å². The second-order valence-corrected chi connectivity index (χ2v) is 8.08. The number of nitrogens with zero attached hydrogens (tertiary/aromatic N) is 3. The number of halogens is 4. The fourth-order valence-electron chi connectivity index (χ4n) is 3.70. The number of alkyl halides is 3. The molecule has 3 rings (SSSR count). The molecule has 1 N–H and O–H groups in total. The number of carbonyl (C=O) groups excluding carboxylic acids is 2. The van der Waals surface area contributed by atoms with Gasteiger partial charge in [0.25, 0.3) is 0 Å². The number of ketones is 1. The Kier molecular flexibility index (Phi) is 6.83. The molecule has 166 valence electrons. The fourth-order valence-corrected chi connectivity index (χ4v) is 3.98. The van der Waals surface area contributed by atoms with Gasteiger partial charge < -0.3 is 10.2 Å². The van der Waals surface area contributed by atoms with Gasteiger partial charge in [-0.1, -0.05) is 11.6 Å². The van der Waals surface area contributed by atoms with E-state index in [9.17, 15) is 22.8 Å². The molecule has 0 bridgehead atoms. The molecule has 1 aliphatic heterocycles. The number of anilines is 2. The molecule has 10 heteroatoms. The maximum Gasteiger partial charge on any atom is 0.417 e. The molecule has 1 saturated heterocycles. The number of carbonyl (C=O) groups is 2. The Labute approximate surface area is 182 Å². The van der Waals surface area contributed by atoms with E-state index in [2.05, 4.69) is 15.3 Å². The zero-order valence-electron chi connectivity index (χ0n) is 17.1. The highest BCUT2D eigenvalue weighted by Gasteiger charge is 2.32. The average Bonchev–Trinajstić information content (AvgIpc) is 2.66. The first-order valence-corrected chi connectivity index (χ1v) is 10.2. The van der Waals surface area contributed by atoms with Crippen LogP contribution in [0.3, 0.4) is 0 Å². The standard InChI is InChI=1S/C21H22ClF3N4O2/c1-12-6-15(8-19(27-12)28-13(2)30)18(31)7-14-4-3-5-29(11-14)20-17(22)9-16(10-26-20)21(23,24)25/h6,8-10,14H,3-5,7,11H2,1-2H3,(H,27,28,30)/t14-/m0/s1. The van der Waals surface area contributed by atoms with Crippen molar-refractivity contribution in [2.24, 2.45) is 5.92 Å². The lowest BCUT2D eigenvalue weighted by Gasteiger charge is -2.34. The number of pyridine rings is 2. The molecule has 1 atom stereocenters. The van der Waals surface area contributed by atoms with Gasteiger partial charge in [0.05, 0.1) is 10.6 Å². The lowest BCUT2D eigenvalue weighted by atomic mass is 9.91. The fraction of sp³-hybridized carbons (Fsp3) is 0.429. The van der Waals surface area contributed by atoms with Crippen LogP contribution < -0.4 is 10.2 Å². The van der Waals surface area contributed by atoms with Gasteiger partial charge in [-0.2, -0.15) is 13.2 Å². The van der Waals surface area contributed by atoms with Gasteiger partial charge in [0.1, 0.15) is 11.6 Å². The molecule has 31 heavy (non-hydrogen) atoms. The van der Waals surface area contributed by atoms with E-state index in [-0.39, 0.29) is 29.1 Å².